The van der Waals surface area contributed by atoms with Crippen LogP contribution in [0.25, 0.3) is 0 Å². The molecule has 2 aliphatic carbocycles. The Hall–Kier alpha value is -4.70. The van der Waals surface area contributed by atoms with E-state index in [0.717, 1.165) is 5.01 Å². The van der Waals surface area contributed by atoms with Crippen LogP contribution in [0.3, 0.4) is 0 Å². The summed E-state index contributed by atoms with van der Waals surface area (Å²) in [7, 11) is 0. The highest BCUT2D eigenvalue weighted by Gasteiger charge is 2.71. The fraction of sp³-hybridized carbons (Fsp3) is 0.368. The zero-order valence-electron chi connectivity index (χ0n) is 27.6. The minimum Gasteiger partial charge on any atom is -0.504 e. The Balaban J connectivity index is 1.48. The number of hydrazine groups is 1. The quantitative estimate of drug-likeness (QED) is 0.229. The van der Waals surface area contributed by atoms with E-state index in [-0.39, 0.29) is 42.8 Å². The van der Waals surface area contributed by atoms with Gasteiger partial charge in [-0.15, -0.1) is 0 Å². The van der Waals surface area contributed by atoms with Gasteiger partial charge in [-0.2, -0.15) is 5.01 Å². The van der Waals surface area contributed by atoms with Crippen LogP contribution in [0, 0.1) is 29.5 Å². The zero-order valence-corrected chi connectivity index (χ0v) is 28.3. The average Bonchev–Trinajstić information content (AvgIpc) is 3.45. The molecule has 0 radical (unpaired) electrons. The lowest BCUT2D eigenvalue weighted by Gasteiger charge is -2.50. The Kier molecular flexibility index (Phi) is 7.85. The lowest BCUT2D eigenvalue weighted by molar-refractivity contribution is -0.146. The molecule has 6 unspecified atom stereocenters. The smallest absolute Gasteiger partial charge is 0.260 e. The van der Waals surface area contributed by atoms with Crippen molar-refractivity contribution in [3.05, 3.63) is 100 Å². The number of ether oxygens (including phenoxy) is 1. The molecule has 9 nitrogen and oxygen atoms in total. The molecule has 3 aromatic rings. The number of phenols is 1. The Bertz CT molecular complexity index is 1910. The standard InChI is InChI=1S/C38H37ClFN3O6/c1-5-49-29-8-6-7-26(32(29)44)31-24-17-18-25-30(35(47)42(33(25)45)37(2,3)4)27(24)19-28-34(46)43(41-23-15-13-22(40)14-16-23)36(48)38(28,31)20-9-11-21(39)12-10-20/h6-17,25,27-28,30-31,41,44H,5,18-19H2,1-4H3. The molecule has 3 fully saturated rings. The molecule has 7 rings (SSSR count). The monoisotopic (exact) mass is 685 g/mol. The van der Waals surface area contributed by atoms with Crippen LogP contribution in [0.4, 0.5) is 10.1 Å². The van der Waals surface area contributed by atoms with Gasteiger partial charge in [0, 0.05) is 22.0 Å². The first-order valence-corrected chi connectivity index (χ1v) is 16.9. The molecule has 6 atom stereocenters. The Morgan fingerprint density at radius 2 is 1.65 bits per heavy atom. The number of nitrogens with one attached hydrogen (secondary N) is 1. The van der Waals surface area contributed by atoms with Gasteiger partial charge in [0.1, 0.15) is 5.82 Å². The van der Waals surface area contributed by atoms with Gasteiger partial charge in [-0.3, -0.25) is 29.5 Å². The van der Waals surface area contributed by atoms with Gasteiger partial charge in [-0.05, 0) is 94.5 Å². The highest BCUT2D eigenvalue weighted by atomic mass is 35.5. The number of allylic oxidation sites excluding steroid dienone is 2. The van der Waals surface area contributed by atoms with Crippen LogP contribution in [0.15, 0.2) is 78.4 Å². The van der Waals surface area contributed by atoms with Crippen molar-refractivity contribution in [1.29, 1.82) is 0 Å². The number of rotatable bonds is 6. The van der Waals surface area contributed by atoms with Crippen LogP contribution in [0.2, 0.25) is 5.02 Å². The molecule has 3 aromatic carbocycles. The van der Waals surface area contributed by atoms with Crippen molar-refractivity contribution >= 4 is 40.9 Å². The van der Waals surface area contributed by atoms with Crippen molar-refractivity contribution in [2.45, 2.75) is 57.4 Å². The summed E-state index contributed by atoms with van der Waals surface area (Å²) in [5.41, 5.74) is 2.44. The van der Waals surface area contributed by atoms with Crippen molar-refractivity contribution in [3.63, 3.8) is 0 Å². The number of phenolic OH excluding ortho intramolecular Hbond substituents is 1. The number of para-hydroxylation sites is 1. The Morgan fingerprint density at radius 3 is 2.31 bits per heavy atom. The number of hydrogen-bond acceptors (Lipinski definition) is 7. The lowest BCUT2D eigenvalue weighted by Crippen LogP contribution is -2.53. The molecule has 2 aliphatic heterocycles. The first kappa shape index (κ1) is 32.8. The van der Waals surface area contributed by atoms with Crippen LogP contribution >= 0.6 is 11.6 Å². The molecule has 2 N–H and O–H groups in total. The number of fused-ring (bicyclic) bond motifs is 4. The molecular weight excluding hydrogens is 649 g/mol. The van der Waals surface area contributed by atoms with Gasteiger partial charge in [0.25, 0.3) is 11.8 Å². The minimum absolute atomic E-state index is 0.0984. The van der Waals surface area contributed by atoms with Crippen molar-refractivity contribution in [2.24, 2.45) is 23.7 Å². The largest absolute Gasteiger partial charge is 0.504 e. The molecule has 0 spiro atoms. The number of amides is 4. The van der Waals surface area contributed by atoms with E-state index in [1.807, 2.05) is 26.8 Å². The van der Waals surface area contributed by atoms with Crippen LogP contribution in [0.1, 0.15) is 57.6 Å². The van der Waals surface area contributed by atoms with E-state index < -0.39 is 58.2 Å². The average molecular weight is 686 g/mol. The molecule has 1 saturated carbocycles. The minimum atomic E-state index is -1.61. The van der Waals surface area contributed by atoms with Crippen molar-refractivity contribution in [2.75, 3.05) is 12.0 Å². The number of carbonyl (C=O) groups excluding carboxylic acids is 4. The van der Waals surface area contributed by atoms with E-state index in [9.17, 15) is 23.9 Å². The number of carbonyl (C=O) groups is 4. The lowest BCUT2D eigenvalue weighted by atomic mass is 9.49. The van der Waals surface area contributed by atoms with Crippen LogP contribution in [0.5, 0.6) is 11.5 Å². The highest BCUT2D eigenvalue weighted by molar-refractivity contribution is 6.30. The summed E-state index contributed by atoms with van der Waals surface area (Å²) in [6, 6.07) is 17.1. The first-order chi connectivity index (χ1) is 23.3. The Morgan fingerprint density at radius 1 is 0.959 bits per heavy atom. The van der Waals surface area contributed by atoms with E-state index >= 15 is 4.79 Å². The molecule has 11 heteroatoms. The summed E-state index contributed by atoms with van der Waals surface area (Å²) in [6.07, 6.45) is 2.29. The highest BCUT2D eigenvalue weighted by Crippen LogP contribution is 2.65. The summed E-state index contributed by atoms with van der Waals surface area (Å²) >= 11 is 6.34. The molecule has 254 valence electrons. The first-order valence-electron chi connectivity index (χ1n) is 16.5. The maximum absolute atomic E-state index is 15.2. The van der Waals surface area contributed by atoms with E-state index in [1.165, 1.54) is 29.2 Å². The van der Waals surface area contributed by atoms with Gasteiger partial charge in [0.05, 0.1) is 35.5 Å². The maximum atomic E-state index is 15.2. The number of nitrogens with zero attached hydrogens (tertiary/aromatic N) is 2. The van der Waals surface area contributed by atoms with E-state index in [0.29, 0.717) is 27.4 Å². The normalized spacial score (nSPS) is 27.9. The van der Waals surface area contributed by atoms with Gasteiger partial charge >= 0.3 is 0 Å². The maximum Gasteiger partial charge on any atom is 0.260 e. The van der Waals surface area contributed by atoms with E-state index in [1.54, 1.807) is 49.4 Å². The van der Waals surface area contributed by atoms with Crippen LogP contribution in [-0.4, -0.2) is 50.8 Å². The molecule has 4 amide bonds. The molecule has 0 bridgehead atoms. The summed E-state index contributed by atoms with van der Waals surface area (Å²) < 4.78 is 19.6. The van der Waals surface area contributed by atoms with Crippen molar-refractivity contribution < 1.29 is 33.4 Å². The summed E-state index contributed by atoms with van der Waals surface area (Å²) in [5.74, 6) is -6.05. The molecule has 0 aromatic heterocycles. The number of imide groups is 2. The summed E-state index contributed by atoms with van der Waals surface area (Å²) in [4.78, 5) is 59.3. The van der Waals surface area contributed by atoms with Gasteiger partial charge in [0.2, 0.25) is 11.8 Å². The molecule has 2 heterocycles. The number of hydrogen-bond donors (Lipinski definition) is 2. The second-order valence-electron chi connectivity index (χ2n) is 14.2. The predicted octanol–water partition coefficient (Wildman–Crippen LogP) is 6.37. The zero-order chi connectivity index (χ0) is 35.0. The van der Waals surface area contributed by atoms with Crippen molar-refractivity contribution in [1.82, 2.24) is 9.91 Å². The molecule has 2 saturated heterocycles. The third-order valence-corrected chi connectivity index (χ3v) is 10.8. The fourth-order valence-corrected chi connectivity index (χ4v) is 8.83. The number of likely N-dealkylation sites (tertiary alicyclic amines) is 1. The second kappa shape index (κ2) is 11.7. The van der Waals surface area contributed by atoms with Gasteiger partial charge < -0.3 is 9.84 Å². The number of benzene rings is 3. The topological polar surface area (TPSA) is 116 Å². The molecule has 4 aliphatic rings. The van der Waals surface area contributed by atoms with Gasteiger partial charge in [-0.1, -0.05) is 47.5 Å². The summed E-state index contributed by atoms with van der Waals surface area (Å²) in [5, 5.41) is 13.2. The molecule has 49 heavy (non-hydrogen) atoms. The summed E-state index contributed by atoms with van der Waals surface area (Å²) in [6.45, 7) is 7.52. The number of aromatic hydroxyl groups is 1. The third-order valence-electron chi connectivity index (χ3n) is 10.6. The van der Waals surface area contributed by atoms with Crippen LogP contribution < -0.4 is 10.2 Å². The third kappa shape index (κ3) is 4.86. The van der Waals surface area contributed by atoms with Gasteiger partial charge in [-0.25, -0.2) is 4.39 Å². The van der Waals surface area contributed by atoms with E-state index in [2.05, 4.69) is 5.43 Å². The van der Waals surface area contributed by atoms with E-state index in [4.69, 9.17) is 16.3 Å². The predicted molar refractivity (Wildman–Crippen MR) is 180 cm³/mol. The second-order valence-corrected chi connectivity index (χ2v) is 14.6. The van der Waals surface area contributed by atoms with Crippen molar-refractivity contribution in [3.8, 4) is 11.5 Å². The van der Waals surface area contributed by atoms with Crippen LogP contribution in [-0.2, 0) is 24.6 Å². The number of halogens is 2. The SMILES string of the molecule is CCOc1cccc(C2C3=CCC4C(=O)N(C(C)(C)C)C(=O)C4C3CC3C(=O)N(Nc4ccc(F)cc4)C(=O)C32c2ccc(Cl)cc2)c1O. The Labute approximate surface area is 288 Å². The van der Waals surface area contributed by atoms with Gasteiger partial charge in [0.15, 0.2) is 11.5 Å². The molecular formula is C38H37ClFN3O6. The number of anilines is 1. The fourth-order valence-electron chi connectivity index (χ4n) is 8.71.